The summed E-state index contributed by atoms with van der Waals surface area (Å²) in [7, 11) is 3.08. The van der Waals surface area contributed by atoms with Crippen LogP contribution < -0.4 is 14.8 Å². The molecule has 2 aromatic carbocycles. The van der Waals surface area contributed by atoms with E-state index in [2.05, 4.69) is 5.32 Å². The van der Waals surface area contributed by atoms with Gasteiger partial charge < -0.3 is 19.9 Å². The molecule has 1 amide bonds. The van der Waals surface area contributed by atoms with Crippen molar-refractivity contribution >= 4 is 11.9 Å². The molecule has 0 bridgehead atoms. The van der Waals surface area contributed by atoms with E-state index in [1.54, 1.807) is 20.1 Å². The van der Waals surface area contributed by atoms with Gasteiger partial charge in [-0.25, -0.2) is 9.18 Å². The number of methoxy groups -OCH3 is 2. The van der Waals surface area contributed by atoms with Gasteiger partial charge in [0.2, 0.25) is 0 Å². The summed E-state index contributed by atoms with van der Waals surface area (Å²) in [5.74, 6) is -1.54. The standard InChI is InChI=1S/C19H20FNO5/c1-11(8-12-4-7-16(25-2)17(9-12)26-3)21-18(22)14-6-5-13(19(23)24)10-15(14)20/h4-7,9-11H,8H2,1-3H3,(H,21,22)(H,23,24). The molecule has 0 saturated carbocycles. The summed E-state index contributed by atoms with van der Waals surface area (Å²) in [6.45, 7) is 1.79. The number of carboxylic acid groups (broad SMARTS) is 1. The maximum atomic E-state index is 14.0. The number of hydrogen-bond acceptors (Lipinski definition) is 4. The smallest absolute Gasteiger partial charge is 0.335 e. The van der Waals surface area contributed by atoms with Crippen molar-refractivity contribution < 1.29 is 28.6 Å². The van der Waals surface area contributed by atoms with Crippen LogP contribution in [0.15, 0.2) is 36.4 Å². The fourth-order valence-electron chi connectivity index (χ4n) is 2.55. The second-order valence-electron chi connectivity index (χ2n) is 5.77. The van der Waals surface area contributed by atoms with Crippen LogP contribution in [0.5, 0.6) is 11.5 Å². The molecule has 2 aromatic rings. The number of hydrogen-bond donors (Lipinski definition) is 2. The minimum atomic E-state index is -1.25. The van der Waals surface area contributed by atoms with Gasteiger partial charge in [-0.15, -0.1) is 0 Å². The zero-order valence-corrected chi connectivity index (χ0v) is 14.7. The van der Waals surface area contributed by atoms with E-state index in [0.29, 0.717) is 17.9 Å². The predicted molar refractivity (Wildman–Crippen MR) is 93.5 cm³/mol. The lowest BCUT2D eigenvalue weighted by molar-refractivity contribution is 0.0695. The first-order valence-corrected chi connectivity index (χ1v) is 7.90. The summed E-state index contributed by atoms with van der Waals surface area (Å²) in [6.07, 6.45) is 0.501. The number of aromatic carboxylic acids is 1. The van der Waals surface area contributed by atoms with Gasteiger partial charge >= 0.3 is 5.97 Å². The largest absolute Gasteiger partial charge is 0.493 e. The molecule has 0 radical (unpaired) electrons. The molecular weight excluding hydrogens is 341 g/mol. The zero-order chi connectivity index (χ0) is 19.3. The Bertz CT molecular complexity index is 822. The first-order valence-electron chi connectivity index (χ1n) is 7.90. The first kappa shape index (κ1) is 19.2. The molecule has 2 N–H and O–H groups in total. The number of carboxylic acids is 1. The van der Waals surface area contributed by atoms with Crippen LogP contribution in [0.3, 0.4) is 0 Å². The quantitative estimate of drug-likeness (QED) is 0.792. The molecule has 7 heteroatoms. The fourth-order valence-corrected chi connectivity index (χ4v) is 2.55. The molecule has 0 aliphatic rings. The van der Waals surface area contributed by atoms with Gasteiger partial charge in [0.05, 0.1) is 25.3 Å². The van der Waals surface area contributed by atoms with Gasteiger partial charge in [0.15, 0.2) is 11.5 Å². The van der Waals surface area contributed by atoms with Crippen molar-refractivity contribution in [3.63, 3.8) is 0 Å². The topological polar surface area (TPSA) is 84.9 Å². The van der Waals surface area contributed by atoms with Gasteiger partial charge in [-0.3, -0.25) is 4.79 Å². The third kappa shape index (κ3) is 4.50. The van der Waals surface area contributed by atoms with E-state index >= 15 is 0 Å². The summed E-state index contributed by atoms with van der Waals surface area (Å²) in [5.41, 5.74) is 0.503. The van der Waals surface area contributed by atoms with Gasteiger partial charge in [-0.1, -0.05) is 6.07 Å². The van der Waals surface area contributed by atoms with E-state index in [1.165, 1.54) is 13.2 Å². The predicted octanol–water partition coefficient (Wildman–Crippen LogP) is 2.90. The maximum absolute atomic E-state index is 14.0. The number of amides is 1. The van der Waals surface area contributed by atoms with Crippen LogP contribution >= 0.6 is 0 Å². The van der Waals surface area contributed by atoms with Crippen LogP contribution in [0, 0.1) is 5.82 Å². The van der Waals surface area contributed by atoms with Crippen LogP contribution in [0.2, 0.25) is 0 Å². The zero-order valence-electron chi connectivity index (χ0n) is 14.7. The van der Waals surface area contributed by atoms with E-state index in [-0.39, 0.29) is 17.2 Å². The molecule has 0 heterocycles. The van der Waals surface area contributed by atoms with Crippen LogP contribution in [0.1, 0.15) is 33.2 Å². The highest BCUT2D eigenvalue weighted by Crippen LogP contribution is 2.28. The van der Waals surface area contributed by atoms with E-state index < -0.39 is 17.7 Å². The minimum Gasteiger partial charge on any atom is -0.493 e. The molecule has 0 aliphatic heterocycles. The van der Waals surface area contributed by atoms with E-state index in [9.17, 15) is 14.0 Å². The second kappa shape index (κ2) is 8.33. The van der Waals surface area contributed by atoms with Gasteiger partial charge in [-0.2, -0.15) is 0 Å². The normalized spacial score (nSPS) is 11.5. The molecule has 6 nitrogen and oxygen atoms in total. The van der Waals surface area contributed by atoms with Crippen LogP contribution in [-0.2, 0) is 6.42 Å². The van der Waals surface area contributed by atoms with E-state index in [4.69, 9.17) is 14.6 Å². The Morgan fingerprint density at radius 1 is 1.12 bits per heavy atom. The van der Waals surface area contributed by atoms with Gasteiger partial charge in [0, 0.05) is 6.04 Å². The molecule has 1 unspecified atom stereocenters. The summed E-state index contributed by atoms with van der Waals surface area (Å²) in [4.78, 5) is 23.1. The highest BCUT2D eigenvalue weighted by Gasteiger charge is 2.17. The average Bonchev–Trinajstić information content (AvgIpc) is 2.61. The molecule has 26 heavy (non-hydrogen) atoms. The third-order valence-corrected chi connectivity index (χ3v) is 3.83. The average molecular weight is 361 g/mol. The lowest BCUT2D eigenvalue weighted by Gasteiger charge is -2.16. The number of rotatable bonds is 7. The molecule has 0 saturated heterocycles. The molecule has 0 aliphatic carbocycles. The number of benzene rings is 2. The maximum Gasteiger partial charge on any atom is 0.335 e. The lowest BCUT2D eigenvalue weighted by Crippen LogP contribution is -2.34. The Hall–Kier alpha value is -3.09. The summed E-state index contributed by atoms with van der Waals surface area (Å²) in [5, 5.41) is 11.5. The Morgan fingerprint density at radius 2 is 1.81 bits per heavy atom. The van der Waals surface area contributed by atoms with Crippen molar-refractivity contribution in [3.8, 4) is 11.5 Å². The molecular formula is C19H20FNO5. The van der Waals surface area contributed by atoms with E-state index in [0.717, 1.165) is 17.7 Å². The number of carbonyl (C=O) groups excluding carboxylic acids is 1. The van der Waals surface area contributed by atoms with Gasteiger partial charge in [0.1, 0.15) is 5.82 Å². The minimum absolute atomic E-state index is 0.200. The number of nitrogens with one attached hydrogen (secondary N) is 1. The van der Waals surface area contributed by atoms with Crippen LogP contribution in [0.25, 0.3) is 0 Å². The Morgan fingerprint density at radius 3 is 2.38 bits per heavy atom. The van der Waals surface area contributed by atoms with Crippen molar-refractivity contribution in [1.82, 2.24) is 5.32 Å². The molecule has 0 aromatic heterocycles. The number of ether oxygens (including phenoxy) is 2. The molecule has 2 rings (SSSR count). The monoisotopic (exact) mass is 361 g/mol. The highest BCUT2D eigenvalue weighted by molar-refractivity contribution is 5.96. The van der Waals surface area contributed by atoms with Gasteiger partial charge in [-0.05, 0) is 49.2 Å². The molecule has 0 fully saturated rings. The molecule has 0 spiro atoms. The first-order chi connectivity index (χ1) is 12.3. The lowest BCUT2D eigenvalue weighted by atomic mass is 10.1. The van der Waals surface area contributed by atoms with Gasteiger partial charge in [0.25, 0.3) is 5.91 Å². The summed E-state index contributed by atoms with van der Waals surface area (Å²) in [6, 6.07) is 8.34. The van der Waals surface area contributed by atoms with E-state index in [1.807, 2.05) is 12.1 Å². The third-order valence-electron chi connectivity index (χ3n) is 3.83. The second-order valence-corrected chi connectivity index (χ2v) is 5.77. The Labute approximate surface area is 150 Å². The van der Waals surface area contributed by atoms with Crippen molar-refractivity contribution in [2.24, 2.45) is 0 Å². The van der Waals surface area contributed by atoms with Crippen molar-refractivity contribution in [1.29, 1.82) is 0 Å². The van der Waals surface area contributed by atoms with Crippen molar-refractivity contribution in [2.45, 2.75) is 19.4 Å². The highest BCUT2D eigenvalue weighted by atomic mass is 19.1. The molecule has 138 valence electrons. The van der Waals surface area contributed by atoms with Crippen molar-refractivity contribution in [3.05, 3.63) is 58.9 Å². The number of carbonyl (C=O) groups is 2. The van der Waals surface area contributed by atoms with Crippen LogP contribution in [0.4, 0.5) is 4.39 Å². The summed E-state index contributed by atoms with van der Waals surface area (Å²) >= 11 is 0. The SMILES string of the molecule is COc1ccc(CC(C)NC(=O)c2ccc(C(=O)O)cc2F)cc1OC. The molecule has 1 atom stereocenters. The van der Waals surface area contributed by atoms with Crippen LogP contribution in [-0.4, -0.2) is 37.2 Å². The number of halogens is 1. The summed E-state index contributed by atoms with van der Waals surface area (Å²) < 4.78 is 24.4. The van der Waals surface area contributed by atoms with Crippen molar-refractivity contribution in [2.75, 3.05) is 14.2 Å². The Balaban J connectivity index is 2.06. The Kier molecular flexibility index (Phi) is 6.16. The fraction of sp³-hybridized carbons (Fsp3) is 0.263.